The minimum absolute atomic E-state index is 0.535. The van der Waals surface area contributed by atoms with E-state index in [4.69, 9.17) is 0 Å². The van der Waals surface area contributed by atoms with Crippen molar-refractivity contribution in [3.05, 3.63) is 11.9 Å². The molecule has 2 N–H and O–H groups in total. The van der Waals surface area contributed by atoms with Gasteiger partial charge in [-0.05, 0) is 25.2 Å². The van der Waals surface area contributed by atoms with E-state index in [0.29, 0.717) is 12.0 Å². The van der Waals surface area contributed by atoms with Gasteiger partial charge < -0.3 is 10.6 Å². The topological polar surface area (TPSA) is 49.8 Å². The Labute approximate surface area is 110 Å². The fraction of sp³-hybridized carbons (Fsp3) is 0.714. The van der Waals surface area contributed by atoms with Crippen molar-refractivity contribution in [1.82, 2.24) is 9.97 Å². The molecule has 1 aromatic rings. The Hall–Kier alpha value is -1.32. The van der Waals surface area contributed by atoms with Crippen LogP contribution in [0.4, 0.5) is 11.6 Å². The van der Waals surface area contributed by atoms with Crippen LogP contribution < -0.4 is 10.6 Å². The minimum Gasteiger partial charge on any atom is -0.373 e. The van der Waals surface area contributed by atoms with Crippen molar-refractivity contribution in [1.29, 1.82) is 0 Å². The first kappa shape index (κ1) is 13.1. The molecule has 3 unspecified atom stereocenters. The lowest BCUT2D eigenvalue weighted by Crippen LogP contribution is -2.35. The van der Waals surface area contributed by atoms with Crippen LogP contribution in [0.1, 0.15) is 38.9 Å². The predicted octanol–water partition coefficient (Wildman–Crippen LogP) is 3.06. The molecule has 0 saturated heterocycles. The highest BCUT2D eigenvalue weighted by molar-refractivity contribution is 5.47. The van der Waals surface area contributed by atoms with E-state index in [2.05, 4.69) is 34.4 Å². The monoisotopic (exact) mass is 248 g/mol. The summed E-state index contributed by atoms with van der Waals surface area (Å²) >= 11 is 0. The van der Waals surface area contributed by atoms with Gasteiger partial charge in [0.1, 0.15) is 17.5 Å². The molecule has 100 valence electrons. The Balaban J connectivity index is 2.10. The Morgan fingerprint density at radius 1 is 1.17 bits per heavy atom. The number of hydrogen-bond donors (Lipinski definition) is 2. The van der Waals surface area contributed by atoms with Gasteiger partial charge in [0.05, 0.1) is 0 Å². The van der Waals surface area contributed by atoms with Crippen molar-refractivity contribution in [2.75, 3.05) is 17.7 Å². The van der Waals surface area contributed by atoms with Crippen molar-refractivity contribution >= 4 is 11.6 Å². The second-order valence-corrected chi connectivity index (χ2v) is 5.45. The first-order valence-electron chi connectivity index (χ1n) is 6.90. The molecule has 4 nitrogen and oxygen atoms in total. The van der Waals surface area contributed by atoms with Gasteiger partial charge in [0.25, 0.3) is 0 Å². The molecule has 1 saturated carbocycles. The summed E-state index contributed by atoms with van der Waals surface area (Å²) in [5.74, 6) is 4.12. The van der Waals surface area contributed by atoms with Crippen molar-refractivity contribution in [2.45, 2.75) is 46.1 Å². The lowest BCUT2D eigenvalue weighted by atomic mass is 9.78. The van der Waals surface area contributed by atoms with Crippen LogP contribution in [0, 0.1) is 18.8 Å². The fourth-order valence-electron chi connectivity index (χ4n) is 2.75. The first-order chi connectivity index (χ1) is 8.60. The maximum absolute atomic E-state index is 4.47. The molecule has 0 aliphatic heterocycles. The molecule has 1 aliphatic carbocycles. The smallest absolute Gasteiger partial charge is 0.132 e. The molecule has 0 aromatic carbocycles. The molecule has 1 heterocycles. The maximum Gasteiger partial charge on any atom is 0.132 e. The van der Waals surface area contributed by atoms with Gasteiger partial charge in [0.2, 0.25) is 0 Å². The molecule has 0 radical (unpaired) electrons. The molecule has 1 aliphatic rings. The van der Waals surface area contributed by atoms with Crippen LogP contribution in [0.15, 0.2) is 6.07 Å². The molecule has 0 spiro atoms. The number of nitrogens with zero attached hydrogens (tertiary/aromatic N) is 2. The molecule has 3 atom stereocenters. The number of aryl methyl sites for hydroxylation is 1. The third-order valence-corrected chi connectivity index (χ3v) is 4.13. The van der Waals surface area contributed by atoms with Crippen molar-refractivity contribution in [3.63, 3.8) is 0 Å². The van der Waals surface area contributed by atoms with E-state index in [9.17, 15) is 0 Å². The summed E-state index contributed by atoms with van der Waals surface area (Å²) in [6.07, 6.45) is 3.90. The zero-order valence-corrected chi connectivity index (χ0v) is 11.8. The number of nitrogens with one attached hydrogen (secondary N) is 2. The average Bonchev–Trinajstić information content (AvgIpc) is 2.34. The molecule has 2 rings (SSSR count). The summed E-state index contributed by atoms with van der Waals surface area (Å²) in [6.45, 7) is 6.62. The van der Waals surface area contributed by atoms with E-state index in [-0.39, 0.29) is 0 Å². The Bertz CT molecular complexity index is 405. The van der Waals surface area contributed by atoms with E-state index in [1.165, 1.54) is 19.3 Å². The van der Waals surface area contributed by atoms with Crippen LogP contribution in [0.3, 0.4) is 0 Å². The highest BCUT2D eigenvalue weighted by atomic mass is 15.1. The number of anilines is 2. The standard InChI is InChI=1S/C14H24N4/c1-9-6-5-7-12(10(9)2)18-14-8-13(15-4)16-11(3)17-14/h8-10,12H,5-7H2,1-4H3,(H2,15,16,17,18). The van der Waals surface area contributed by atoms with Gasteiger partial charge in [-0.15, -0.1) is 0 Å². The fourth-order valence-corrected chi connectivity index (χ4v) is 2.75. The average molecular weight is 248 g/mol. The zero-order valence-electron chi connectivity index (χ0n) is 11.8. The van der Waals surface area contributed by atoms with Gasteiger partial charge in [-0.3, -0.25) is 0 Å². The molecule has 1 fully saturated rings. The molecule has 4 heteroatoms. The van der Waals surface area contributed by atoms with Crippen molar-refractivity contribution < 1.29 is 0 Å². The summed E-state index contributed by atoms with van der Waals surface area (Å²) in [5.41, 5.74) is 0. The molecule has 0 amide bonds. The van der Waals surface area contributed by atoms with Crippen LogP contribution in [0.5, 0.6) is 0 Å². The van der Waals surface area contributed by atoms with E-state index in [1.807, 2.05) is 20.0 Å². The van der Waals surface area contributed by atoms with E-state index >= 15 is 0 Å². The quantitative estimate of drug-likeness (QED) is 0.863. The molecule has 0 bridgehead atoms. The van der Waals surface area contributed by atoms with Gasteiger partial charge in [-0.2, -0.15) is 0 Å². The van der Waals surface area contributed by atoms with Gasteiger partial charge >= 0.3 is 0 Å². The van der Waals surface area contributed by atoms with Gasteiger partial charge in [0.15, 0.2) is 0 Å². The molecule has 18 heavy (non-hydrogen) atoms. The van der Waals surface area contributed by atoms with Crippen LogP contribution in [-0.2, 0) is 0 Å². The second kappa shape index (κ2) is 5.55. The molecular formula is C14H24N4. The lowest BCUT2D eigenvalue weighted by Gasteiger charge is -2.35. The molecule has 1 aromatic heterocycles. The number of rotatable bonds is 3. The predicted molar refractivity (Wildman–Crippen MR) is 75.9 cm³/mol. The second-order valence-electron chi connectivity index (χ2n) is 5.45. The Morgan fingerprint density at radius 2 is 1.89 bits per heavy atom. The van der Waals surface area contributed by atoms with Gasteiger partial charge in [0, 0.05) is 19.2 Å². The maximum atomic E-state index is 4.47. The summed E-state index contributed by atoms with van der Waals surface area (Å²) in [5, 5.41) is 6.66. The summed E-state index contributed by atoms with van der Waals surface area (Å²) in [7, 11) is 1.89. The van der Waals surface area contributed by atoms with E-state index < -0.39 is 0 Å². The van der Waals surface area contributed by atoms with Crippen LogP contribution in [-0.4, -0.2) is 23.1 Å². The number of aromatic nitrogens is 2. The zero-order chi connectivity index (χ0) is 13.1. The highest BCUT2D eigenvalue weighted by Gasteiger charge is 2.27. The lowest BCUT2D eigenvalue weighted by molar-refractivity contribution is 0.253. The highest BCUT2D eigenvalue weighted by Crippen LogP contribution is 2.31. The summed E-state index contributed by atoms with van der Waals surface area (Å²) < 4.78 is 0. The van der Waals surface area contributed by atoms with Crippen LogP contribution in [0.2, 0.25) is 0 Å². The summed E-state index contributed by atoms with van der Waals surface area (Å²) in [4.78, 5) is 8.79. The van der Waals surface area contributed by atoms with Crippen molar-refractivity contribution in [3.8, 4) is 0 Å². The van der Waals surface area contributed by atoms with Crippen molar-refractivity contribution in [2.24, 2.45) is 11.8 Å². The van der Waals surface area contributed by atoms with E-state index in [0.717, 1.165) is 23.4 Å². The normalized spacial score (nSPS) is 27.9. The van der Waals surface area contributed by atoms with Crippen LogP contribution in [0.25, 0.3) is 0 Å². The number of hydrogen-bond acceptors (Lipinski definition) is 4. The largest absolute Gasteiger partial charge is 0.373 e. The molecular weight excluding hydrogens is 224 g/mol. The third-order valence-electron chi connectivity index (χ3n) is 4.13. The Kier molecular flexibility index (Phi) is 4.04. The SMILES string of the molecule is CNc1cc(NC2CCCC(C)C2C)nc(C)n1. The van der Waals surface area contributed by atoms with Gasteiger partial charge in [-0.25, -0.2) is 9.97 Å². The first-order valence-corrected chi connectivity index (χ1v) is 6.90. The van der Waals surface area contributed by atoms with E-state index in [1.54, 1.807) is 0 Å². The third kappa shape index (κ3) is 2.92. The van der Waals surface area contributed by atoms with Crippen LogP contribution >= 0.6 is 0 Å². The Morgan fingerprint density at radius 3 is 2.61 bits per heavy atom. The summed E-state index contributed by atoms with van der Waals surface area (Å²) in [6, 6.07) is 2.52. The van der Waals surface area contributed by atoms with Gasteiger partial charge in [-0.1, -0.05) is 26.7 Å². The minimum atomic E-state index is 0.535.